The molecule has 1 N–H and O–H groups in total. The lowest BCUT2D eigenvalue weighted by Gasteiger charge is -2.04. The summed E-state index contributed by atoms with van der Waals surface area (Å²) in [5, 5.41) is 9.15. The van der Waals surface area contributed by atoms with Crippen molar-refractivity contribution in [2.45, 2.75) is 6.92 Å². The van der Waals surface area contributed by atoms with Gasteiger partial charge in [-0.15, -0.1) is 0 Å². The first-order valence-corrected chi connectivity index (χ1v) is 5.74. The molecule has 0 amide bonds. The summed E-state index contributed by atoms with van der Waals surface area (Å²) in [6.07, 6.45) is 3.78. The highest BCUT2D eigenvalue weighted by atomic mass is 16.4. The standard InChI is InChI=1S/C16H14O2/c1-12-6-5-9-15(16(17)18)14(12)11-10-13-7-3-2-4-8-13/h2-11H,1H3,(H,17,18)/b11-10+. The number of benzene rings is 2. The second-order valence-corrected chi connectivity index (χ2v) is 4.09. The minimum absolute atomic E-state index is 0.335. The van der Waals surface area contributed by atoms with Crippen molar-refractivity contribution < 1.29 is 9.90 Å². The molecule has 0 heterocycles. The van der Waals surface area contributed by atoms with Crippen LogP contribution in [0.5, 0.6) is 0 Å². The number of carboxylic acid groups (broad SMARTS) is 1. The number of aromatic carboxylic acids is 1. The Hall–Kier alpha value is -2.35. The molecule has 0 aromatic heterocycles. The maximum Gasteiger partial charge on any atom is 0.336 e. The van der Waals surface area contributed by atoms with Crippen molar-refractivity contribution in [3.05, 3.63) is 70.8 Å². The average Bonchev–Trinajstić information content (AvgIpc) is 2.38. The van der Waals surface area contributed by atoms with Crippen LogP contribution in [0.4, 0.5) is 0 Å². The summed E-state index contributed by atoms with van der Waals surface area (Å²) in [6.45, 7) is 1.91. The molecule has 0 saturated heterocycles. The number of carboxylic acids is 1. The van der Waals surface area contributed by atoms with E-state index in [1.165, 1.54) is 0 Å². The number of hydrogen-bond donors (Lipinski definition) is 1. The SMILES string of the molecule is Cc1cccc(C(=O)O)c1/C=C/c1ccccc1. The van der Waals surface area contributed by atoms with Gasteiger partial charge in [0.25, 0.3) is 0 Å². The van der Waals surface area contributed by atoms with Gasteiger partial charge in [-0.05, 0) is 29.7 Å². The molecular formula is C16H14O2. The zero-order valence-electron chi connectivity index (χ0n) is 10.1. The van der Waals surface area contributed by atoms with Crippen LogP contribution < -0.4 is 0 Å². The molecule has 0 atom stereocenters. The summed E-state index contributed by atoms with van der Waals surface area (Å²) < 4.78 is 0. The van der Waals surface area contributed by atoms with Crippen molar-refractivity contribution in [1.29, 1.82) is 0 Å². The molecule has 2 heteroatoms. The fraction of sp³-hybridized carbons (Fsp3) is 0.0625. The lowest BCUT2D eigenvalue weighted by atomic mass is 10.0. The molecule has 0 radical (unpaired) electrons. The number of rotatable bonds is 3. The fourth-order valence-corrected chi connectivity index (χ4v) is 1.83. The van der Waals surface area contributed by atoms with E-state index in [1.54, 1.807) is 12.1 Å². The van der Waals surface area contributed by atoms with Gasteiger partial charge in [-0.1, -0.05) is 54.6 Å². The Bertz CT molecular complexity index is 583. The highest BCUT2D eigenvalue weighted by Gasteiger charge is 2.08. The Balaban J connectivity index is 2.40. The molecule has 0 aliphatic rings. The molecule has 0 aliphatic heterocycles. The number of carbonyl (C=O) groups is 1. The molecular weight excluding hydrogens is 224 g/mol. The van der Waals surface area contributed by atoms with Gasteiger partial charge in [-0.2, -0.15) is 0 Å². The minimum Gasteiger partial charge on any atom is -0.478 e. The molecule has 2 nitrogen and oxygen atoms in total. The van der Waals surface area contributed by atoms with E-state index in [4.69, 9.17) is 5.11 Å². The monoisotopic (exact) mass is 238 g/mol. The van der Waals surface area contributed by atoms with E-state index in [2.05, 4.69) is 0 Å². The second-order valence-electron chi connectivity index (χ2n) is 4.09. The van der Waals surface area contributed by atoms with Gasteiger partial charge >= 0.3 is 5.97 Å². The summed E-state index contributed by atoms with van der Waals surface area (Å²) in [7, 11) is 0. The summed E-state index contributed by atoms with van der Waals surface area (Å²) in [4.78, 5) is 11.2. The molecule has 0 saturated carbocycles. The average molecular weight is 238 g/mol. The molecule has 2 rings (SSSR count). The first-order valence-electron chi connectivity index (χ1n) is 5.74. The van der Waals surface area contributed by atoms with Crippen LogP contribution in [0.1, 0.15) is 27.0 Å². The largest absolute Gasteiger partial charge is 0.478 e. The van der Waals surface area contributed by atoms with Crippen molar-refractivity contribution >= 4 is 18.1 Å². The molecule has 0 aliphatic carbocycles. The third kappa shape index (κ3) is 2.66. The van der Waals surface area contributed by atoms with Gasteiger partial charge in [0.2, 0.25) is 0 Å². The second kappa shape index (κ2) is 5.32. The Morgan fingerprint density at radius 2 is 1.72 bits per heavy atom. The van der Waals surface area contributed by atoms with Gasteiger partial charge in [0.1, 0.15) is 0 Å². The Morgan fingerprint density at radius 1 is 1.00 bits per heavy atom. The van der Waals surface area contributed by atoms with Crippen LogP contribution in [0.25, 0.3) is 12.2 Å². The van der Waals surface area contributed by atoms with E-state index < -0.39 is 5.97 Å². The molecule has 0 unspecified atom stereocenters. The van der Waals surface area contributed by atoms with E-state index in [0.29, 0.717) is 5.56 Å². The van der Waals surface area contributed by atoms with E-state index in [1.807, 2.05) is 55.5 Å². The number of hydrogen-bond acceptors (Lipinski definition) is 1. The molecule has 0 fully saturated rings. The van der Waals surface area contributed by atoms with Gasteiger partial charge in [-0.25, -0.2) is 4.79 Å². The van der Waals surface area contributed by atoms with E-state index in [9.17, 15) is 4.79 Å². The van der Waals surface area contributed by atoms with Crippen LogP contribution >= 0.6 is 0 Å². The highest BCUT2D eigenvalue weighted by molar-refractivity contribution is 5.94. The first-order chi connectivity index (χ1) is 8.68. The summed E-state index contributed by atoms with van der Waals surface area (Å²) >= 11 is 0. The highest BCUT2D eigenvalue weighted by Crippen LogP contribution is 2.17. The third-order valence-electron chi connectivity index (χ3n) is 2.80. The van der Waals surface area contributed by atoms with Gasteiger partial charge in [-0.3, -0.25) is 0 Å². The number of aryl methyl sites for hydroxylation is 1. The van der Waals surface area contributed by atoms with Crippen molar-refractivity contribution in [1.82, 2.24) is 0 Å². The van der Waals surface area contributed by atoms with Gasteiger partial charge in [0, 0.05) is 0 Å². The smallest absolute Gasteiger partial charge is 0.336 e. The van der Waals surface area contributed by atoms with E-state index in [0.717, 1.165) is 16.7 Å². The molecule has 90 valence electrons. The van der Waals surface area contributed by atoms with Crippen LogP contribution in [0.3, 0.4) is 0 Å². The zero-order chi connectivity index (χ0) is 13.0. The van der Waals surface area contributed by atoms with E-state index in [-0.39, 0.29) is 0 Å². The van der Waals surface area contributed by atoms with Gasteiger partial charge in [0.15, 0.2) is 0 Å². The first kappa shape index (κ1) is 12.1. The Morgan fingerprint density at radius 3 is 2.39 bits per heavy atom. The maximum atomic E-state index is 11.2. The van der Waals surface area contributed by atoms with Crippen molar-refractivity contribution in [3.8, 4) is 0 Å². The fourth-order valence-electron chi connectivity index (χ4n) is 1.83. The quantitative estimate of drug-likeness (QED) is 0.824. The predicted molar refractivity (Wildman–Crippen MR) is 73.5 cm³/mol. The van der Waals surface area contributed by atoms with Crippen LogP contribution in [0.15, 0.2) is 48.5 Å². The van der Waals surface area contributed by atoms with E-state index >= 15 is 0 Å². The van der Waals surface area contributed by atoms with Crippen molar-refractivity contribution in [2.75, 3.05) is 0 Å². The molecule has 2 aromatic carbocycles. The lowest BCUT2D eigenvalue weighted by molar-refractivity contribution is 0.0696. The van der Waals surface area contributed by atoms with Gasteiger partial charge in [0.05, 0.1) is 5.56 Å². The normalized spacial score (nSPS) is 10.7. The summed E-state index contributed by atoms with van der Waals surface area (Å²) in [6, 6.07) is 15.1. The van der Waals surface area contributed by atoms with Crippen molar-refractivity contribution in [2.24, 2.45) is 0 Å². The van der Waals surface area contributed by atoms with Crippen LogP contribution in [0, 0.1) is 6.92 Å². The lowest BCUT2D eigenvalue weighted by Crippen LogP contribution is -2.00. The molecule has 0 spiro atoms. The molecule has 18 heavy (non-hydrogen) atoms. The summed E-state index contributed by atoms with van der Waals surface area (Å²) in [5.74, 6) is -0.897. The Labute approximate surface area is 106 Å². The molecule has 2 aromatic rings. The van der Waals surface area contributed by atoms with Gasteiger partial charge < -0.3 is 5.11 Å². The zero-order valence-corrected chi connectivity index (χ0v) is 10.1. The maximum absolute atomic E-state index is 11.2. The summed E-state index contributed by atoms with van der Waals surface area (Å²) in [5.41, 5.74) is 3.11. The topological polar surface area (TPSA) is 37.3 Å². The van der Waals surface area contributed by atoms with Crippen molar-refractivity contribution in [3.63, 3.8) is 0 Å². The third-order valence-corrected chi connectivity index (χ3v) is 2.80. The van der Waals surface area contributed by atoms with Crippen LogP contribution in [-0.4, -0.2) is 11.1 Å². The van der Waals surface area contributed by atoms with Crippen LogP contribution in [0.2, 0.25) is 0 Å². The van der Waals surface area contributed by atoms with Crippen LogP contribution in [-0.2, 0) is 0 Å². The Kier molecular flexibility index (Phi) is 3.58. The predicted octanol–water partition coefficient (Wildman–Crippen LogP) is 3.86. The molecule has 0 bridgehead atoms. The minimum atomic E-state index is -0.897.